The zero-order valence-corrected chi connectivity index (χ0v) is 12.4. The topological polar surface area (TPSA) is 53.1 Å². The second-order valence-electron chi connectivity index (χ2n) is 6.64. The average molecular weight is 277 g/mol. The van der Waals surface area contributed by atoms with E-state index < -0.39 is 0 Å². The molecular weight excluding hydrogens is 250 g/mol. The van der Waals surface area contributed by atoms with Gasteiger partial charge in [0, 0.05) is 11.7 Å². The molecule has 0 spiro atoms. The van der Waals surface area contributed by atoms with Gasteiger partial charge >= 0.3 is 0 Å². The molecule has 1 heterocycles. The van der Waals surface area contributed by atoms with Crippen LogP contribution in [0.3, 0.4) is 0 Å². The third-order valence-electron chi connectivity index (χ3n) is 4.85. The molecule has 1 aromatic heterocycles. The lowest BCUT2D eigenvalue weighted by molar-refractivity contribution is 0.0554. The smallest absolute Gasteiger partial charge is 0.0907 e. The van der Waals surface area contributed by atoms with Crippen molar-refractivity contribution in [1.82, 2.24) is 9.78 Å². The van der Waals surface area contributed by atoms with Crippen molar-refractivity contribution in [2.75, 3.05) is 6.61 Å². The van der Waals surface area contributed by atoms with Gasteiger partial charge in [-0.15, -0.1) is 0 Å². The first-order valence-electron chi connectivity index (χ1n) is 8.16. The summed E-state index contributed by atoms with van der Waals surface area (Å²) in [5.74, 6) is 0. The molecule has 2 aliphatic carbocycles. The van der Waals surface area contributed by atoms with Crippen molar-refractivity contribution < 1.29 is 4.74 Å². The first-order chi connectivity index (χ1) is 9.75. The maximum absolute atomic E-state index is 6.38. The first-order valence-corrected chi connectivity index (χ1v) is 8.16. The van der Waals surface area contributed by atoms with Crippen LogP contribution in [0.15, 0.2) is 12.3 Å². The van der Waals surface area contributed by atoms with Crippen LogP contribution in [0, 0.1) is 0 Å². The van der Waals surface area contributed by atoms with E-state index in [1.54, 1.807) is 0 Å². The maximum atomic E-state index is 6.38. The fourth-order valence-electron chi connectivity index (χ4n) is 3.59. The van der Waals surface area contributed by atoms with Crippen LogP contribution in [0.4, 0.5) is 0 Å². The molecule has 3 rings (SSSR count). The quantitative estimate of drug-likeness (QED) is 0.899. The van der Waals surface area contributed by atoms with E-state index in [-0.39, 0.29) is 5.54 Å². The van der Waals surface area contributed by atoms with E-state index in [2.05, 4.69) is 22.0 Å². The number of nitrogens with zero attached hydrogens (tertiary/aromatic N) is 2. The van der Waals surface area contributed by atoms with Gasteiger partial charge in [-0.1, -0.05) is 32.1 Å². The summed E-state index contributed by atoms with van der Waals surface area (Å²) in [6, 6.07) is 2.70. The number of hydrogen-bond acceptors (Lipinski definition) is 3. The summed E-state index contributed by atoms with van der Waals surface area (Å²) in [5, 5.41) is 4.65. The second kappa shape index (κ2) is 6.27. The molecule has 2 saturated carbocycles. The van der Waals surface area contributed by atoms with Crippen molar-refractivity contribution in [3.63, 3.8) is 0 Å². The Morgan fingerprint density at radius 2 is 1.95 bits per heavy atom. The van der Waals surface area contributed by atoms with Crippen LogP contribution in [0.2, 0.25) is 0 Å². The molecule has 0 saturated heterocycles. The predicted octanol–water partition coefficient (Wildman–Crippen LogP) is 3.18. The Hall–Kier alpha value is -0.870. The fourth-order valence-corrected chi connectivity index (χ4v) is 3.59. The normalized spacial score (nSPS) is 23.2. The third kappa shape index (κ3) is 3.41. The molecule has 0 amide bonds. The molecule has 0 radical (unpaired) electrons. The van der Waals surface area contributed by atoms with Gasteiger partial charge in [0.25, 0.3) is 0 Å². The van der Waals surface area contributed by atoms with E-state index >= 15 is 0 Å². The van der Waals surface area contributed by atoms with Gasteiger partial charge < -0.3 is 10.5 Å². The van der Waals surface area contributed by atoms with Crippen LogP contribution in [-0.2, 0) is 11.3 Å². The van der Waals surface area contributed by atoms with Gasteiger partial charge in [0.2, 0.25) is 0 Å². The summed E-state index contributed by atoms with van der Waals surface area (Å²) in [6.07, 6.45) is 13.3. The van der Waals surface area contributed by atoms with Crippen LogP contribution in [0.5, 0.6) is 0 Å². The van der Waals surface area contributed by atoms with Crippen LogP contribution < -0.4 is 5.73 Å². The van der Waals surface area contributed by atoms with Crippen molar-refractivity contribution in [2.45, 2.75) is 76.0 Å². The molecule has 2 aliphatic rings. The highest BCUT2D eigenvalue weighted by molar-refractivity contribution is 4.99. The van der Waals surface area contributed by atoms with Crippen LogP contribution >= 0.6 is 0 Å². The van der Waals surface area contributed by atoms with E-state index in [0.717, 1.165) is 18.5 Å². The number of nitrogens with two attached hydrogens (primary N) is 1. The Kier molecular flexibility index (Phi) is 4.41. The molecule has 0 aromatic carbocycles. The predicted molar refractivity (Wildman–Crippen MR) is 79.4 cm³/mol. The number of aromatic nitrogens is 2. The first kappa shape index (κ1) is 14.1. The summed E-state index contributed by atoms with van der Waals surface area (Å²) >= 11 is 0. The zero-order valence-electron chi connectivity index (χ0n) is 12.4. The molecule has 112 valence electrons. The summed E-state index contributed by atoms with van der Waals surface area (Å²) < 4.78 is 7.97. The molecular formula is C16H27N3O. The summed E-state index contributed by atoms with van der Waals surface area (Å²) in [6.45, 7) is 1.27. The van der Waals surface area contributed by atoms with E-state index in [1.807, 2.05) is 0 Å². The van der Waals surface area contributed by atoms with E-state index in [0.29, 0.717) is 19.3 Å². The van der Waals surface area contributed by atoms with Gasteiger partial charge in [-0.05, 0) is 31.7 Å². The van der Waals surface area contributed by atoms with E-state index in [1.165, 1.54) is 44.9 Å². The Morgan fingerprint density at radius 1 is 1.20 bits per heavy atom. The van der Waals surface area contributed by atoms with Gasteiger partial charge in [0.05, 0.1) is 24.9 Å². The molecule has 4 nitrogen and oxygen atoms in total. The Balaban J connectivity index is 1.46. The lowest BCUT2D eigenvalue weighted by Gasteiger charge is -2.32. The number of rotatable bonds is 5. The van der Waals surface area contributed by atoms with Crippen molar-refractivity contribution in [1.29, 1.82) is 0 Å². The second-order valence-corrected chi connectivity index (χ2v) is 6.64. The average Bonchev–Trinajstić information content (AvgIpc) is 3.09. The van der Waals surface area contributed by atoms with Gasteiger partial charge in [-0.25, -0.2) is 0 Å². The summed E-state index contributed by atoms with van der Waals surface area (Å²) in [4.78, 5) is 0. The van der Waals surface area contributed by atoms with Crippen molar-refractivity contribution in [3.05, 3.63) is 18.0 Å². The Morgan fingerprint density at radius 3 is 2.70 bits per heavy atom. The molecule has 2 N–H and O–H groups in total. The largest absolute Gasteiger partial charge is 0.373 e. The monoisotopic (exact) mass is 277 g/mol. The van der Waals surface area contributed by atoms with Crippen molar-refractivity contribution in [2.24, 2.45) is 5.73 Å². The zero-order chi connectivity index (χ0) is 13.8. The summed E-state index contributed by atoms with van der Waals surface area (Å²) in [7, 11) is 0. The lowest BCUT2D eigenvalue weighted by atomic mass is 9.83. The number of hydrogen-bond donors (Lipinski definition) is 1. The molecule has 0 unspecified atom stereocenters. The third-order valence-corrected chi connectivity index (χ3v) is 4.85. The standard InChI is InChI=1S/C16H27N3O/c17-16(9-4-1-5-10-16)13-20-12-14-8-11-19(18-14)15-6-2-3-7-15/h8,11,15H,1-7,9-10,12-13,17H2. The highest BCUT2D eigenvalue weighted by Gasteiger charge is 2.27. The SMILES string of the molecule is NC1(COCc2ccn(C3CCCC3)n2)CCCCC1. The molecule has 0 aliphatic heterocycles. The molecule has 0 atom stereocenters. The van der Waals surface area contributed by atoms with Crippen LogP contribution in [0.1, 0.15) is 69.5 Å². The van der Waals surface area contributed by atoms with E-state index in [9.17, 15) is 0 Å². The molecule has 4 heteroatoms. The molecule has 2 fully saturated rings. The van der Waals surface area contributed by atoms with Gasteiger partial charge in [-0.2, -0.15) is 5.10 Å². The number of ether oxygens (including phenoxy) is 1. The Labute approximate surface area is 121 Å². The Bertz CT molecular complexity index is 417. The molecule has 0 bridgehead atoms. The summed E-state index contributed by atoms with van der Waals surface area (Å²) in [5.41, 5.74) is 7.32. The highest BCUT2D eigenvalue weighted by atomic mass is 16.5. The van der Waals surface area contributed by atoms with Gasteiger partial charge in [0.15, 0.2) is 0 Å². The minimum Gasteiger partial charge on any atom is -0.373 e. The maximum Gasteiger partial charge on any atom is 0.0907 e. The molecule has 1 aromatic rings. The van der Waals surface area contributed by atoms with Crippen LogP contribution in [-0.4, -0.2) is 21.9 Å². The van der Waals surface area contributed by atoms with E-state index in [4.69, 9.17) is 10.5 Å². The van der Waals surface area contributed by atoms with Crippen molar-refractivity contribution in [3.8, 4) is 0 Å². The van der Waals surface area contributed by atoms with Gasteiger partial charge in [-0.3, -0.25) is 4.68 Å². The van der Waals surface area contributed by atoms with Gasteiger partial charge in [0.1, 0.15) is 0 Å². The van der Waals surface area contributed by atoms with Crippen LogP contribution in [0.25, 0.3) is 0 Å². The molecule has 20 heavy (non-hydrogen) atoms. The minimum absolute atomic E-state index is 0.0910. The minimum atomic E-state index is -0.0910. The fraction of sp³-hybridized carbons (Fsp3) is 0.812. The lowest BCUT2D eigenvalue weighted by Crippen LogP contribution is -2.46. The highest BCUT2D eigenvalue weighted by Crippen LogP contribution is 2.29. The van der Waals surface area contributed by atoms with Crippen molar-refractivity contribution >= 4 is 0 Å².